The number of piperazine rings is 1. The lowest BCUT2D eigenvalue weighted by Crippen LogP contribution is -2.48. The van der Waals surface area contributed by atoms with Gasteiger partial charge in [0.2, 0.25) is 20.0 Å². The SMILES string of the molecule is Cc1ccc(S(=O)(=O)N(CCCN2CCOCC2)CCS(=O)(=O)N2CCNCC2)cc1C. The van der Waals surface area contributed by atoms with Crippen molar-refractivity contribution < 1.29 is 21.6 Å². The van der Waals surface area contributed by atoms with Crippen LogP contribution in [-0.2, 0) is 24.8 Å². The highest BCUT2D eigenvalue weighted by Gasteiger charge is 2.29. The first-order valence-corrected chi connectivity index (χ1v) is 14.3. The first-order valence-electron chi connectivity index (χ1n) is 11.3. The van der Waals surface area contributed by atoms with Gasteiger partial charge in [0.05, 0.1) is 23.9 Å². The maximum Gasteiger partial charge on any atom is 0.243 e. The Morgan fingerprint density at radius 2 is 1.66 bits per heavy atom. The maximum absolute atomic E-state index is 13.4. The van der Waals surface area contributed by atoms with Gasteiger partial charge in [-0.3, -0.25) is 4.90 Å². The minimum atomic E-state index is -3.80. The van der Waals surface area contributed by atoms with Crippen molar-refractivity contribution in [1.29, 1.82) is 0 Å². The van der Waals surface area contributed by atoms with Crippen LogP contribution in [0.15, 0.2) is 23.1 Å². The van der Waals surface area contributed by atoms with Gasteiger partial charge < -0.3 is 10.1 Å². The van der Waals surface area contributed by atoms with Gasteiger partial charge in [0.15, 0.2) is 0 Å². The molecule has 2 aliphatic heterocycles. The normalized spacial score (nSPS) is 19.5. The number of morpholine rings is 1. The summed E-state index contributed by atoms with van der Waals surface area (Å²) in [5.74, 6) is -0.214. The van der Waals surface area contributed by atoms with Crippen LogP contribution in [0.2, 0.25) is 0 Å². The van der Waals surface area contributed by atoms with Crippen molar-refractivity contribution in [2.24, 2.45) is 0 Å². The summed E-state index contributed by atoms with van der Waals surface area (Å²) in [5, 5.41) is 3.14. The molecule has 9 nitrogen and oxygen atoms in total. The van der Waals surface area contributed by atoms with E-state index in [1.165, 1.54) is 8.61 Å². The molecule has 0 unspecified atom stereocenters. The van der Waals surface area contributed by atoms with Gasteiger partial charge in [-0.2, -0.15) is 8.61 Å². The Balaban J connectivity index is 1.72. The number of rotatable bonds is 10. The van der Waals surface area contributed by atoms with Crippen molar-refractivity contribution in [1.82, 2.24) is 18.8 Å². The van der Waals surface area contributed by atoms with Crippen molar-refractivity contribution in [3.05, 3.63) is 29.3 Å². The molecule has 0 bridgehead atoms. The molecule has 0 spiro atoms. The fraction of sp³-hybridized carbons (Fsp3) is 0.714. The van der Waals surface area contributed by atoms with E-state index in [-0.39, 0.29) is 23.7 Å². The van der Waals surface area contributed by atoms with E-state index in [9.17, 15) is 16.8 Å². The van der Waals surface area contributed by atoms with Crippen LogP contribution in [-0.4, -0.2) is 108 Å². The molecule has 0 radical (unpaired) electrons. The van der Waals surface area contributed by atoms with E-state index in [2.05, 4.69) is 10.2 Å². The number of sulfonamides is 2. The second-order valence-corrected chi connectivity index (χ2v) is 12.4. The topological polar surface area (TPSA) is 99.3 Å². The van der Waals surface area contributed by atoms with E-state index in [1.807, 2.05) is 13.8 Å². The molecule has 0 aliphatic carbocycles. The minimum absolute atomic E-state index is 0.0510. The van der Waals surface area contributed by atoms with E-state index in [0.29, 0.717) is 45.8 Å². The summed E-state index contributed by atoms with van der Waals surface area (Å²) in [6.45, 7) is 9.92. The molecule has 1 N–H and O–H groups in total. The van der Waals surface area contributed by atoms with Crippen molar-refractivity contribution in [3.63, 3.8) is 0 Å². The molecule has 182 valence electrons. The quantitative estimate of drug-likeness (QED) is 0.504. The van der Waals surface area contributed by atoms with Crippen LogP contribution >= 0.6 is 0 Å². The highest BCUT2D eigenvalue weighted by atomic mass is 32.2. The molecule has 2 saturated heterocycles. The van der Waals surface area contributed by atoms with Crippen molar-refractivity contribution in [2.75, 3.05) is 77.9 Å². The van der Waals surface area contributed by atoms with Crippen LogP contribution in [0.4, 0.5) is 0 Å². The zero-order valence-electron chi connectivity index (χ0n) is 19.1. The summed E-state index contributed by atoms with van der Waals surface area (Å²) < 4.78 is 60.7. The van der Waals surface area contributed by atoms with Gasteiger partial charge in [-0.15, -0.1) is 0 Å². The fourth-order valence-electron chi connectivity index (χ4n) is 3.94. The summed E-state index contributed by atoms with van der Waals surface area (Å²) >= 11 is 0. The van der Waals surface area contributed by atoms with Crippen LogP contribution in [0.25, 0.3) is 0 Å². The minimum Gasteiger partial charge on any atom is -0.379 e. The number of ether oxygens (including phenoxy) is 1. The summed E-state index contributed by atoms with van der Waals surface area (Å²) in [7, 11) is -7.32. The number of benzene rings is 1. The predicted octanol–water partition coefficient (Wildman–Crippen LogP) is 0.251. The van der Waals surface area contributed by atoms with Gasteiger partial charge in [0.25, 0.3) is 0 Å². The molecule has 1 aromatic rings. The highest BCUT2D eigenvalue weighted by Crippen LogP contribution is 2.20. The van der Waals surface area contributed by atoms with Crippen LogP contribution < -0.4 is 5.32 Å². The van der Waals surface area contributed by atoms with Gasteiger partial charge >= 0.3 is 0 Å². The zero-order valence-corrected chi connectivity index (χ0v) is 20.8. The molecule has 2 fully saturated rings. The van der Waals surface area contributed by atoms with E-state index in [4.69, 9.17) is 4.74 Å². The van der Waals surface area contributed by atoms with Crippen LogP contribution in [0, 0.1) is 13.8 Å². The Labute approximate surface area is 192 Å². The molecule has 0 atom stereocenters. The molecule has 1 aromatic carbocycles. The number of nitrogens with one attached hydrogen (secondary N) is 1. The average Bonchev–Trinajstić information content (AvgIpc) is 2.79. The third-order valence-corrected chi connectivity index (χ3v) is 9.91. The van der Waals surface area contributed by atoms with E-state index >= 15 is 0 Å². The first-order chi connectivity index (χ1) is 15.2. The third-order valence-electron chi connectivity index (χ3n) is 6.17. The summed E-state index contributed by atoms with van der Waals surface area (Å²) in [6, 6.07) is 5.08. The third kappa shape index (κ3) is 6.72. The zero-order chi connectivity index (χ0) is 23.2. The Bertz CT molecular complexity index is 956. The Kier molecular flexibility index (Phi) is 9.07. The molecule has 11 heteroatoms. The largest absolute Gasteiger partial charge is 0.379 e. The molecule has 0 amide bonds. The lowest BCUT2D eigenvalue weighted by Gasteiger charge is -2.29. The summed E-state index contributed by atoms with van der Waals surface area (Å²) in [6.07, 6.45) is 0.637. The molecule has 0 aromatic heterocycles. The monoisotopic (exact) mass is 488 g/mol. The second-order valence-electron chi connectivity index (χ2n) is 8.42. The number of hydrogen-bond acceptors (Lipinski definition) is 7. The molecule has 2 heterocycles. The van der Waals surface area contributed by atoms with E-state index in [1.54, 1.807) is 18.2 Å². The lowest BCUT2D eigenvalue weighted by atomic mass is 10.1. The number of nitrogens with zero attached hydrogens (tertiary/aromatic N) is 3. The molecular weight excluding hydrogens is 452 g/mol. The Hall–Kier alpha value is -1.08. The Morgan fingerprint density at radius 3 is 2.31 bits per heavy atom. The van der Waals surface area contributed by atoms with Crippen molar-refractivity contribution >= 4 is 20.0 Å². The first kappa shape index (κ1) is 25.5. The predicted molar refractivity (Wildman–Crippen MR) is 125 cm³/mol. The lowest BCUT2D eigenvalue weighted by molar-refractivity contribution is 0.0369. The molecule has 3 rings (SSSR count). The summed E-state index contributed by atoms with van der Waals surface area (Å²) in [4.78, 5) is 2.47. The standard InChI is InChI=1S/C21H36N4O5S2/c1-19-4-5-21(18-20(19)2)32(28,29)25(9-3-8-23-12-15-30-16-13-23)14-17-31(26,27)24-10-6-22-7-11-24/h4-5,18,22H,3,6-17H2,1-2H3. The number of aryl methyl sites for hydroxylation is 2. The second kappa shape index (κ2) is 11.4. The average molecular weight is 489 g/mol. The smallest absolute Gasteiger partial charge is 0.243 e. The van der Waals surface area contributed by atoms with Gasteiger partial charge in [0.1, 0.15) is 0 Å². The van der Waals surface area contributed by atoms with Gasteiger partial charge in [-0.1, -0.05) is 6.07 Å². The van der Waals surface area contributed by atoms with Gasteiger partial charge in [0, 0.05) is 52.4 Å². The highest BCUT2D eigenvalue weighted by molar-refractivity contribution is 7.90. The molecule has 32 heavy (non-hydrogen) atoms. The van der Waals surface area contributed by atoms with Crippen LogP contribution in [0.3, 0.4) is 0 Å². The van der Waals surface area contributed by atoms with Crippen LogP contribution in [0.1, 0.15) is 17.5 Å². The van der Waals surface area contributed by atoms with Gasteiger partial charge in [-0.05, 0) is 50.1 Å². The molecule has 2 aliphatic rings. The van der Waals surface area contributed by atoms with Crippen molar-refractivity contribution in [3.8, 4) is 0 Å². The Morgan fingerprint density at radius 1 is 0.969 bits per heavy atom. The number of hydrogen-bond donors (Lipinski definition) is 1. The van der Waals surface area contributed by atoms with E-state index in [0.717, 1.165) is 30.8 Å². The molecular formula is C21H36N4O5S2. The van der Waals surface area contributed by atoms with Gasteiger partial charge in [-0.25, -0.2) is 16.8 Å². The maximum atomic E-state index is 13.4. The van der Waals surface area contributed by atoms with E-state index < -0.39 is 20.0 Å². The molecule has 0 saturated carbocycles. The van der Waals surface area contributed by atoms with Crippen molar-refractivity contribution in [2.45, 2.75) is 25.2 Å². The fourth-order valence-corrected chi connectivity index (χ4v) is 7.07. The van der Waals surface area contributed by atoms with Crippen LogP contribution in [0.5, 0.6) is 0 Å². The summed E-state index contributed by atoms with van der Waals surface area (Å²) in [5.41, 5.74) is 1.91.